The van der Waals surface area contributed by atoms with Gasteiger partial charge in [0.25, 0.3) is 0 Å². The SMILES string of the molecule is [O-]/N=N/c1on[n+](CCCc2ccccc2)c1/C=C/c1ccccc1. The summed E-state index contributed by atoms with van der Waals surface area (Å²) in [6, 6.07) is 20.1. The van der Waals surface area contributed by atoms with Crippen LogP contribution in [0.2, 0.25) is 0 Å². The van der Waals surface area contributed by atoms with Gasteiger partial charge in [0, 0.05) is 12.5 Å². The molecule has 6 nitrogen and oxygen atoms in total. The summed E-state index contributed by atoms with van der Waals surface area (Å²) in [5, 5.41) is 20.5. The second-order valence-corrected chi connectivity index (χ2v) is 5.50. The van der Waals surface area contributed by atoms with Gasteiger partial charge in [-0.1, -0.05) is 60.7 Å². The molecule has 6 heteroatoms. The lowest BCUT2D eigenvalue weighted by atomic mass is 10.1. The second kappa shape index (κ2) is 8.54. The molecule has 0 aliphatic rings. The molecule has 25 heavy (non-hydrogen) atoms. The van der Waals surface area contributed by atoms with Crippen molar-refractivity contribution in [3.05, 3.63) is 82.7 Å². The fourth-order valence-electron chi connectivity index (χ4n) is 2.53. The smallest absolute Gasteiger partial charge is 0.346 e. The molecule has 1 heterocycles. The summed E-state index contributed by atoms with van der Waals surface area (Å²) in [6.45, 7) is 0.654. The van der Waals surface area contributed by atoms with Crippen LogP contribution in [0, 0.1) is 5.21 Å². The lowest BCUT2D eigenvalue weighted by molar-refractivity contribution is -0.763. The highest BCUT2D eigenvalue weighted by Gasteiger charge is 2.21. The Labute approximate surface area is 145 Å². The lowest BCUT2D eigenvalue weighted by Crippen LogP contribution is -2.38. The normalized spacial score (nSPS) is 11.5. The summed E-state index contributed by atoms with van der Waals surface area (Å²) in [6.07, 6.45) is 5.57. The van der Waals surface area contributed by atoms with E-state index in [0.717, 1.165) is 18.4 Å². The third-order valence-electron chi connectivity index (χ3n) is 3.77. The molecule has 0 unspecified atom stereocenters. The van der Waals surface area contributed by atoms with Gasteiger partial charge in [-0.3, -0.25) is 4.52 Å². The van der Waals surface area contributed by atoms with Gasteiger partial charge in [-0.25, -0.2) is 5.28 Å². The van der Waals surface area contributed by atoms with Crippen molar-refractivity contribution in [1.82, 2.24) is 5.27 Å². The first-order valence-corrected chi connectivity index (χ1v) is 8.07. The fraction of sp³-hybridized carbons (Fsp3) is 0.158. The molecule has 0 atom stereocenters. The van der Waals surface area contributed by atoms with Crippen LogP contribution in [0.25, 0.3) is 12.2 Å². The highest BCUT2D eigenvalue weighted by molar-refractivity contribution is 5.69. The van der Waals surface area contributed by atoms with Crippen LogP contribution in [0.4, 0.5) is 5.88 Å². The fourth-order valence-corrected chi connectivity index (χ4v) is 2.53. The summed E-state index contributed by atoms with van der Waals surface area (Å²) >= 11 is 0. The Bertz CT molecular complexity index is 842. The first-order chi connectivity index (χ1) is 12.4. The Morgan fingerprint density at radius 3 is 2.44 bits per heavy atom. The average molecular weight is 334 g/mol. The van der Waals surface area contributed by atoms with Crippen LogP contribution < -0.4 is 4.68 Å². The molecule has 0 fully saturated rings. The molecule has 0 N–H and O–H groups in total. The molecule has 3 rings (SSSR count). The maximum atomic E-state index is 10.5. The van der Waals surface area contributed by atoms with Crippen molar-refractivity contribution in [3.63, 3.8) is 0 Å². The van der Waals surface area contributed by atoms with Crippen molar-refractivity contribution >= 4 is 18.0 Å². The van der Waals surface area contributed by atoms with Crippen LogP contribution in [0.5, 0.6) is 0 Å². The van der Waals surface area contributed by atoms with Gasteiger partial charge < -0.3 is 5.21 Å². The van der Waals surface area contributed by atoms with Gasteiger partial charge in [-0.15, -0.1) is 5.11 Å². The van der Waals surface area contributed by atoms with Crippen LogP contribution in [-0.2, 0) is 13.0 Å². The first kappa shape index (κ1) is 16.6. The molecular formula is C19H18N4O2. The topological polar surface area (TPSA) is 77.7 Å². The van der Waals surface area contributed by atoms with E-state index in [2.05, 4.69) is 27.8 Å². The minimum absolute atomic E-state index is 0.113. The zero-order valence-electron chi connectivity index (χ0n) is 13.7. The van der Waals surface area contributed by atoms with Crippen molar-refractivity contribution in [2.24, 2.45) is 10.4 Å². The molecule has 0 aliphatic heterocycles. The Morgan fingerprint density at radius 2 is 1.72 bits per heavy atom. The van der Waals surface area contributed by atoms with Crippen LogP contribution in [0.1, 0.15) is 23.2 Å². The number of benzene rings is 2. The predicted octanol–water partition coefficient (Wildman–Crippen LogP) is 4.35. The molecule has 2 aromatic carbocycles. The minimum Gasteiger partial charge on any atom is -0.775 e. The quantitative estimate of drug-likeness (QED) is 0.366. The Morgan fingerprint density at radius 1 is 1.00 bits per heavy atom. The molecular weight excluding hydrogens is 316 g/mol. The molecule has 3 aromatic rings. The van der Waals surface area contributed by atoms with E-state index in [-0.39, 0.29) is 5.88 Å². The number of rotatable bonds is 7. The van der Waals surface area contributed by atoms with Crippen molar-refractivity contribution < 1.29 is 9.20 Å². The van der Waals surface area contributed by atoms with Crippen molar-refractivity contribution in [2.45, 2.75) is 19.4 Å². The summed E-state index contributed by atoms with van der Waals surface area (Å²) in [4.78, 5) is 0. The summed E-state index contributed by atoms with van der Waals surface area (Å²) in [5.74, 6) is 0.113. The van der Waals surface area contributed by atoms with Gasteiger partial charge >= 0.3 is 11.6 Å². The van der Waals surface area contributed by atoms with Crippen LogP contribution in [0.15, 0.2) is 75.6 Å². The van der Waals surface area contributed by atoms with E-state index >= 15 is 0 Å². The first-order valence-electron chi connectivity index (χ1n) is 8.07. The summed E-state index contributed by atoms with van der Waals surface area (Å²) < 4.78 is 6.83. The van der Waals surface area contributed by atoms with E-state index < -0.39 is 0 Å². The van der Waals surface area contributed by atoms with E-state index in [1.54, 1.807) is 4.68 Å². The largest absolute Gasteiger partial charge is 0.775 e. The molecule has 0 aliphatic carbocycles. The number of hydrogen-bond acceptors (Lipinski definition) is 5. The third-order valence-corrected chi connectivity index (χ3v) is 3.77. The Kier molecular flexibility index (Phi) is 5.66. The molecule has 0 amide bonds. The Balaban J connectivity index is 1.73. The number of hydrogen-bond donors (Lipinski definition) is 0. The molecule has 1 aromatic heterocycles. The molecule has 126 valence electrons. The van der Waals surface area contributed by atoms with E-state index in [0.29, 0.717) is 12.2 Å². The standard InChI is InChI=1S/C19H18N4O2/c24-21-20-19-18(14-13-17-10-5-2-6-11-17)23(22-25-19)15-7-12-16-8-3-1-4-9-16/h1-6,8-11,13-14H,7,12,15H2/b14-13+. The van der Waals surface area contributed by atoms with E-state index in [4.69, 9.17) is 4.52 Å². The van der Waals surface area contributed by atoms with Crippen LogP contribution in [0.3, 0.4) is 0 Å². The summed E-state index contributed by atoms with van der Waals surface area (Å²) in [5.41, 5.74) is 2.92. The molecule has 0 bridgehead atoms. The highest BCUT2D eigenvalue weighted by atomic mass is 16.5. The molecule has 0 saturated carbocycles. The monoisotopic (exact) mass is 334 g/mol. The van der Waals surface area contributed by atoms with Crippen molar-refractivity contribution in [1.29, 1.82) is 0 Å². The van der Waals surface area contributed by atoms with E-state index in [1.807, 2.05) is 60.7 Å². The Hall–Kier alpha value is -3.28. The highest BCUT2D eigenvalue weighted by Crippen LogP contribution is 2.18. The number of nitrogens with zero attached hydrogens (tertiary/aromatic N) is 4. The molecule has 0 saturated heterocycles. The van der Waals surface area contributed by atoms with E-state index in [9.17, 15) is 5.21 Å². The van der Waals surface area contributed by atoms with Gasteiger partial charge in [-0.2, -0.15) is 0 Å². The summed E-state index contributed by atoms with van der Waals surface area (Å²) in [7, 11) is 0. The maximum absolute atomic E-state index is 10.5. The molecule has 0 radical (unpaired) electrons. The predicted molar refractivity (Wildman–Crippen MR) is 94.7 cm³/mol. The number of aromatic nitrogens is 2. The lowest BCUT2D eigenvalue weighted by Gasteiger charge is -1.97. The van der Waals surface area contributed by atoms with Crippen molar-refractivity contribution in [2.75, 3.05) is 0 Å². The van der Waals surface area contributed by atoms with Crippen molar-refractivity contribution in [3.8, 4) is 0 Å². The van der Waals surface area contributed by atoms with Gasteiger partial charge in [0.05, 0.1) is 0 Å². The van der Waals surface area contributed by atoms with E-state index in [1.165, 1.54) is 5.56 Å². The second-order valence-electron chi connectivity index (χ2n) is 5.50. The third kappa shape index (κ3) is 4.60. The maximum Gasteiger partial charge on any atom is 0.346 e. The van der Waals surface area contributed by atoms with Gasteiger partial charge in [0.2, 0.25) is 5.27 Å². The van der Waals surface area contributed by atoms with Gasteiger partial charge in [-0.05, 0) is 28.3 Å². The average Bonchev–Trinajstić information content (AvgIpc) is 3.04. The van der Waals surface area contributed by atoms with Crippen LogP contribution >= 0.6 is 0 Å². The van der Waals surface area contributed by atoms with Crippen LogP contribution in [-0.4, -0.2) is 5.27 Å². The zero-order valence-corrected chi connectivity index (χ0v) is 13.7. The minimum atomic E-state index is 0.113. The van der Waals surface area contributed by atoms with Gasteiger partial charge in [0.1, 0.15) is 0 Å². The molecule has 0 spiro atoms. The zero-order chi connectivity index (χ0) is 17.3. The number of aryl methyl sites for hydroxylation is 2. The van der Waals surface area contributed by atoms with Gasteiger partial charge in [0.15, 0.2) is 6.54 Å².